The third-order valence-corrected chi connectivity index (χ3v) is 3.16. The molecule has 0 amide bonds. The molecule has 0 radical (unpaired) electrons. The highest BCUT2D eigenvalue weighted by molar-refractivity contribution is 7.99. The minimum absolute atomic E-state index is 0.0508. The fraction of sp³-hybridized carbons (Fsp3) is 0.636. The van der Waals surface area contributed by atoms with E-state index in [0.29, 0.717) is 17.5 Å². The van der Waals surface area contributed by atoms with Gasteiger partial charge in [0.15, 0.2) is 5.16 Å². The van der Waals surface area contributed by atoms with E-state index in [9.17, 15) is 4.79 Å². The molecule has 1 unspecified atom stereocenters. The van der Waals surface area contributed by atoms with Crippen LogP contribution in [0.3, 0.4) is 0 Å². The van der Waals surface area contributed by atoms with Gasteiger partial charge in [0.2, 0.25) is 0 Å². The van der Waals surface area contributed by atoms with E-state index in [2.05, 4.69) is 16.9 Å². The molecule has 6 heteroatoms. The van der Waals surface area contributed by atoms with Gasteiger partial charge in [0.05, 0.1) is 6.61 Å². The number of thioether (sulfide) groups is 1. The summed E-state index contributed by atoms with van der Waals surface area (Å²) in [7, 11) is 1.62. The minimum Gasteiger partial charge on any atom is -0.383 e. The van der Waals surface area contributed by atoms with E-state index in [1.54, 1.807) is 13.2 Å². The molecule has 1 aromatic heterocycles. The Balaban J connectivity index is 2.61. The van der Waals surface area contributed by atoms with Gasteiger partial charge in [0.25, 0.3) is 5.56 Å². The molecule has 1 aromatic rings. The maximum Gasteiger partial charge on any atom is 0.251 e. The summed E-state index contributed by atoms with van der Waals surface area (Å²) in [4.78, 5) is 18.5. The largest absolute Gasteiger partial charge is 0.383 e. The summed E-state index contributed by atoms with van der Waals surface area (Å²) in [5, 5.41) is 0.632. The van der Waals surface area contributed by atoms with Gasteiger partial charge in [-0.2, -0.15) is 0 Å². The molecule has 1 heterocycles. The first kappa shape index (κ1) is 14.2. The average Bonchev–Trinajstić information content (AvgIpc) is 2.26. The summed E-state index contributed by atoms with van der Waals surface area (Å²) < 4.78 is 4.95. The van der Waals surface area contributed by atoms with Crippen LogP contribution in [0.2, 0.25) is 0 Å². The monoisotopic (exact) mass is 257 g/mol. The van der Waals surface area contributed by atoms with Gasteiger partial charge in [0, 0.05) is 30.7 Å². The van der Waals surface area contributed by atoms with Crippen LogP contribution in [-0.4, -0.2) is 35.5 Å². The van der Waals surface area contributed by atoms with Crippen LogP contribution >= 0.6 is 11.8 Å². The quantitative estimate of drug-likeness (QED) is 0.557. The Morgan fingerprint density at radius 2 is 2.41 bits per heavy atom. The number of nitrogens with zero attached hydrogens (tertiary/aromatic N) is 1. The number of rotatable bonds is 7. The van der Waals surface area contributed by atoms with Crippen molar-refractivity contribution in [3.63, 3.8) is 0 Å². The molecule has 0 aromatic carbocycles. The van der Waals surface area contributed by atoms with E-state index in [0.717, 1.165) is 18.5 Å². The second-order valence-corrected chi connectivity index (χ2v) is 4.83. The van der Waals surface area contributed by atoms with Crippen LogP contribution < -0.4 is 11.3 Å². The van der Waals surface area contributed by atoms with Gasteiger partial charge >= 0.3 is 0 Å². The number of ether oxygens (including phenoxy) is 1. The molecule has 0 spiro atoms. The summed E-state index contributed by atoms with van der Waals surface area (Å²) in [6, 6.07) is 1.49. The van der Waals surface area contributed by atoms with Gasteiger partial charge in [-0.25, -0.2) is 4.98 Å². The summed E-state index contributed by atoms with van der Waals surface area (Å²) in [6.07, 6.45) is 1.80. The maximum atomic E-state index is 11.4. The van der Waals surface area contributed by atoms with Crippen molar-refractivity contribution in [2.75, 3.05) is 19.5 Å². The molecule has 0 saturated heterocycles. The molecular weight excluding hydrogens is 238 g/mol. The van der Waals surface area contributed by atoms with Gasteiger partial charge in [-0.1, -0.05) is 25.1 Å². The van der Waals surface area contributed by atoms with Crippen LogP contribution in [-0.2, 0) is 11.2 Å². The van der Waals surface area contributed by atoms with Crippen LogP contribution in [0, 0.1) is 0 Å². The van der Waals surface area contributed by atoms with Crippen molar-refractivity contribution in [3.05, 3.63) is 22.1 Å². The zero-order chi connectivity index (χ0) is 12.7. The van der Waals surface area contributed by atoms with Gasteiger partial charge in [0.1, 0.15) is 0 Å². The number of hydrogen-bond donors (Lipinski definition) is 2. The number of H-pyrrole nitrogens is 1. The van der Waals surface area contributed by atoms with Crippen molar-refractivity contribution < 1.29 is 4.74 Å². The normalized spacial score (nSPS) is 12.6. The van der Waals surface area contributed by atoms with E-state index in [1.165, 1.54) is 11.8 Å². The summed E-state index contributed by atoms with van der Waals surface area (Å²) >= 11 is 1.45. The van der Waals surface area contributed by atoms with Gasteiger partial charge < -0.3 is 15.5 Å². The molecular formula is C11H19N3O2S. The predicted octanol–water partition coefficient (Wildman–Crippen LogP) is 0.788. The lowest BCUT2D eigenvalue weighted by atomic mass is 10.2. The molecule has 0 fully saturated rings. The van der Waals surface area contributed by atoms with E-state index in [1.807, 2.05) is 0 Å². The molecule has 0 bridgehead atoms. The third kappa shape index (κ3) is 5.34. The lowest BCUT2D eigenvalue weighted by Gasteiger charge is -2.09. The highest BCUT2D eigenvalue weighted by Gasteiger charge is 2.06. The van der Waals surface area contributed by atoms with Gasteiger partial charge in [-0.3, -0.25) is 4.79 Å². The Bertz CT molecular complexity index is 395. The van der Waals surface area contributed by atoms with Crippen molar-refractivity contribution in [1.29, 1.82) is 0 Å². The Labute approximate surface area is 105 Å². The van der Waals surface area contributed by atoms with Crippen LogP contribution in [0.1, 0.15) is 19.0 Å². The lowest BCUT2D eigenvalue weighted by molar-refractivity contribution is 0.186. The molecule has 1 atom stereocenters. The van der Waals surface area contributed by atoms with Crippen molar-refractivity contribution in [2.45, 2.75) is 31.0 Å². The second kappa shape index (κ2) is 7.47. The Hall–Kier alpha value is -0.850. The van der Waals surface area contributed by atoms with Crippen LogP contribution in [0.15, 0.2) is 16.0 Å². The summed E-state index contributed by atoms with van der Waals surface area (Å²) in [5.41, 5.74) is 6.53. The number of methoxy groups -OCH3 is 1. The van der Waals surface area contributed by atoms with Crippen LogP contribution in [0.25, 0.3) is 0 Å². The van der Waals surface area contributed by atoms with E-state index >= 15 is 0 Å². The summed E-state index contributed by atoms with van der Waals surface area (Å²) in [5.74, 6) is 0.673. The Morgan fingerprint density at radius 1 is 1.65 bits per heavy atom. The molecule has 0 aliphatic heterocycles. The number of aryl methyl sites for hydroxylation is 1. The number of nitrogens with two attached hydrogens (primary N) is 1. The fourth-order valence-electron chi connectivity index (χ4n) is 1.38. The van der Waals surface area contributed by atoms with Gasteiger partial charge in [-0.05, 0) is 6.42 Å². The van der Waals surface area contributed by atoms with Crippen molar-refractivity contribution in [3.8, 4) is 0 Å². The minimum atomic E-state index is -0.105. The fourth-order valence-corrected chi connectivity index (χ4v) is 2.21. The molecule has 96 valence electrons. The van der Waals surface area contributed by atoms with Crippen LogP contribution in [0.4, 0.5) is 0 Å². The Morgan fingerprint density at radius 3 is 3.06 bits per heavy atom. The second-order valence-electron chi connectivity index (χ2n) is 3.82. The van der Waals surface area contributed by atoms with Crippen molar-refractivity contribution in [2.24, 2.45) is 5.73 Å². The van der Waals surface area contributed by atoms with Crippen molar-refractivity contribution >= 4 is 11.8 Å². The number of hydrogen-bond acceptors (Lipinski definition) is 5. The maximum absolute atomic E-state index is 11.4. The number of aromatic nitrogens is 2. The van der Waals surface area contributed by atoms with E-state index in [-0.39, 0.29) is 11.6 Å². The Kier molecular flexibility index (Phi) is 6.25. The summed E-state index contributed by atoms with van der Waals surface area (Å²) in [6.45, 7) is 2.57. The molecule has 0 aliphatic carbocycles. The molecule has 0 saturated carbocycles. The predicted molar refractivity (Wildman–Crippen MR) is 69.4 cm³/mol. The third-order valence-electron chi connectivity index (χ3n) is 2.09. The van der Waals surface area contributed by atoms with Crippen LogP contribution in [0.5, 0.6) is 0 Å². The molecule has 17 heavy (non-hydrogen) atoms. The van der Waals surface area contributed by atoms with Gasteiger partial charge in [-0.15, -0.1) is 0 Å². The molecule has 1 rings (SSSR count). The molecule has 5 nitrogen and oxygen atoms in total. The standard InChI is InChI=1S/C11H19N3O2S/c1-3-4-9-5-10(15)14-11(13-9)17-7-8(12)6-16-2/h5,8H,3-4,6-7,12H2,1-2H3,(H,13,14,15). The highest BCUT2D eigenvalue weighted by Crippen LogP contribution is 2.12. The SMILES string of the molecule is CCCc1cc(=O)[nH]c(SCC(N)COC)n1. The first-order valence-electron chi connectivity index (χ1n) is 5.63. The lowest BCUT2D eigenvalue weighted by Crippen LogP contribution is -2.28. The average molecular weight is 257 g/mol. The smallest absolute Gasteiger partial charge is 0.251 e. The first-order chi connectivity index (χ1) is 8.15. The molecule has 3 N–H and O–H groups in total. The topological polar surface area (TPSA) is 81.0 Å². The van der Waals surface area contributed by atoms with Crippen molar-refractivity contribution in [1.82, 2.24) is 9.97 Å². The highest BCUT2D eigenvalue weighted by atomic mass is 32.2. The zero-order valence-electron chi connectivity index (χ0n) is 10.2. The van der Waals surface area contributed by atoms with E-state index in [4.69, 9.17) is 10.5 Å². The first-order valence-corrected chi connectivity index (χ1v) is 6.61. The number of aromatic amines is 1. The molecule has 0 aliphatic rings. The number of nitrogens with one attached hydrogen (secondary N) is 1. The van der Waals surface area contributed by atoms with E-state index < -0.39 is 0 Å². The zero-order valence-corrected chi connectivity index (χ0v) is 11.0.